The molecule has 70 valence electrons. The molecule has 0 saturated heterocycles. The van der Waals surface area contributed by atoms with Crippen molar-refractivity contribution in [3.05, 3.63) is 17.9 Å². The molecule has 0 fully saturated rings. The summed E-state index contributed by atoms with van der Waals surface area (Å²) in [6, 6.07) is 2.75. The number of halogens is 1. The molecule has 1 heterocycles. The Morgan fingerprint density at radius 1 is 1.50 bits per heavy atom. The molecule has 0 atom stereocenters. The van der Waals surface area contributed by atoms with Crippen LogP contribution in [0.1, 0.15) is 12.7 Å². The zero-order chi connectivity index (χ0) is 8.48. The molecule has 0 unspecified atom stereocenters. The molecule has 0 amide bonds. The van der Waals surface area contributed by atoms with E-state index >= 15 is 0 Å². The summed E-state index contributed by atoms with van der Waals surface area (Å²) in [5, 5.41) is -0.394. The minimum atomic E-state index is -4.16. The topological polar surface area (TPSA) is 67.5 Å². The molecule has 1 rings (SSSR count). The first-order valence-corrected chi connectivity index (χ1v) is 4.54. The molecule has 1 N–H and O–H groups in total. The van der Waals surface area contributed by atoms with E-state index in [1.54, 1.807) is 0 Å². The second-order valence-electron chi connectivity index (χ2n) is 2.05. The van der Waals surface area contributed by atoms with Gasteiger partial charge in [-0.2, -0.15) is 8.42 Å². The third-order valence-electron chi connectivity index (χ3n) is 1.24. The van der Waals surface area contributed by atoms with Gasteiger partial charge < -0.3 is 4.42 Å². The van der Waals surface area contributed by atoms with Crippen LogP contribution in [-0.2, 0) is 16.5 Å². The van der Waals surface area contributed by atoms with Gasteiger partial charge >= 0.3 is 10.1 Å². The Kier molecular flexibility index (Phi) is 3.76. The molecule has 0 aliphatic heterocycles. The van der Waals surface area contributed by atoms with E-state index < -0.39 is 15.2 Å². The Morgan fingerprint density at radius 3 is 2.33 bits per heavy atom. The predicted molar refractivity (Wildman–Crippen MR) is 45.1 cm³/mol. The lowest BCUT2D eigenvalue weighted by Gasteiger charge is -1.88. The van der Waals surface area contributed by atoms with Crippen molar-refractivity contribution in [1.29, 1.82) is 0 Å². The van der Waals surface area contributed by atoms with Crippen LogP contribution in [0.3, 0.4) is 0 Å². The van der Waals surface area contributed by atoms with Gasteiger partial charge in [-0.3, -0.25) is 4.55 Å². The lowest BCUT2D eigenvalue weighted by Crippen LogP contribution is -1.94. The van der Waals surface area contributed by atoms with Gasteiger partial charge in [-0.15, -0.1) is 12.4 Å². The molecule has 0 radical (unpaired) electrons. The smallest absolute Gasteiger partial charge is 0.328 e. The number of rotatable bonds is 2. The summed E-state index contributed by atoms with van der Waals surface area (Å²) in [6.07, 6.45) is 0.607. The highest BCUT2D eigenvalue weighted by molar-refractivity contribution is 7.85. The molecule has 0 aliphatic rings. The monoisotopic (exact) mass is 212 g/mol. The molecular weight excluding hydrogens is 204 g/mol. The molecular formula is C6H9ClO4S. The summed E-state index contributed by atoms with van der Waals surface area (Å²) in [6.45, 7) is 1.83. The molecule has 4 nitrogen and oxygen atoms in total. The van der Waals surface area contributed by atoms with Gasteiger partial charge in [0.25, 0.3) is 0 Å². The van der Waals surface area contributed by atoms with Crippen LogP contribution < -0.4 is 0 Å². The van der Waals surface area contributed by atoms with E-state index in [1.165, 1.54) is 12.1 Å². The summed E-state index contributed by atoms with van der Waals surface area (Å²) >= 11 is 0. The van der Waals surface area contributed by atoms with E-state index in [9.17, 15) is 8.42 Å². The van der Waals surface area contributed by atoms with Crippen LogP contribution in [0.2, 0.25) is 0 Å². The minimum absolute atomic E-state index is 0. The van der Waals surface area contributed by atoms with Crippen molar-refractivity contribution in [3.8, 4) is 0 Å². The van der Waals surface area contributed by atoms with E-state index in [0.717, 1.165) is 0 Å². The van der Waals surface area contributed by atoms with Crippen molar-refractivity contribution in [1.82, 2.24) is 0 Å². The summed E-state index contributed by atoms with van der Waals surface area (Å²) in [7, 11) is -4.16. The highest BCUT2D eigenvalue weighted by Gasteiger charge is 2.13. The number of hydrogen-bond donors (Lipinski definition) is 1. The summed E-state index contributed by atoms with van der Waals surface area (Å²) in [5.41, 5.74) is 0. The lowest BCUT2D eigenvalue weighted by molar-refractivity contribution is 0.387. The lowest BCUT2D eigenvalue weighted by atomic mass is 10.4. The normalized spacial score (nSPS) is 10.8. The minimum Gasteiger partial charge on any atom is -0.447 e. The van der Waals surface area contributed by atoms with Crippen molar-refractivity contribution >= 4 is 22.5 Å². The van der Waals surface area contributed by atoms with Gasteiger partial charge in [0, 0.05) is 6.42 Å². The average molecular weight is 213 g/mol. The van der Waals surface area contributed by atoms with E-state index in [-0.39, 0.29) is 12.4 Å². The Morgan fingerprint density at radius 2 is 2.08 bits per heavy atom. The van der Waals surface area contributed by atoms with Crippen molar-refractivity contribution in [2.45, 2.75) is 18.4 Å². The fourth-order valence-corrected chi connectivity index (χ4v) is 1.14. The molecule has 0 aromatic carbocycles. The van der Waals surface area contributed by atoms with Gasteiger partial charge in [0.15, 0.2) is 0 Å². The van der Waals surface area contributed by atoms with Gasteiger partial charge in [0.1, 0.15) is 5.76 Å². The maximum absolute atomic E-state index is 10.4. The van der Waals surface area contributed by atoms with Crippen LogP contribution in [0.4, 0.5) is 0 Å². The molecule has 1 aromatic heterocycles. The average Bonchev–Trinajstić information content (AvgIpc) is 2.32. The van der Waals surface area contributed by atoms with Crippen molar-refractivity contribution in [3.63, 3.8) is 0 Å². The SMILES string of the molecule is CCc1ccc(S(=O)(=O)O)o1.Cl. The molecule has 12 heavy (non-hydrogen) atoms. The third-order valence-corrected chi connectivity index (χ3v) is 1.97. The van der Waals surface area contributed by atoms with Gasteiger partial charge in [-0.05, 0) is 12.1 Å². The second-order valence-corrected chi connectivity index (χ2v) is 3.40. The Labute approximate surface area is 76.7 Å². The summed E-state index contributed by atoms with van der Waals surface area (Å²) < 4.78 is 34.1. The maximum atomic E-state index is 10.4. The Bertz CT molecular complexity index is 340. The first-order chi connectivity index (χ1) is 5.04. The highest BCUT2D eigenvalue weighted by Crippen LogP contribution is 2.13. The third kappa shape index (κ3) is 2.51. The fraction of sp³-hybridized carbons (Fsp3) is 0.333. The second kappa shape index (κ2) is 3.93. The van der Waals surface area contributed by atoms with E-state index in [1.807, 2.05) is 6.92 Å². The zero-order valence-electron chi connectivity index (χ0n) is 6.35. The summed E-state index contributed by atoms with van der Waals surface area (Å²) in [5.74, 6) is 0.539. The van der Waals surface area contributed by atoms with Crippen LogP contribution in [0.15, 0.2) is 21.6 Å². The van der Waals surface area contributed by atoms with E-state index in [0.29, 0.717) is 12.2 Å². The standard InChI is InChI=1S/C6H8O4S.ClH/c1-2-5-3-4-6(10-5)11(7,8)9;/h3-4H,2H2,1H3,(H,7,8,9);1H. The van der Waals surface area contributed by atoms with Crippen molar-refractivity contribution < 1.29 is 17.4 Å². The van der Waals surface area contributed by atoms with Gasteiger partial charge in [-0.1, -0.05) is 6.92 Å². The highest BCUT2D eigenvalue weighted by atomic mass is 35.5. The first kappa shape index (κ1) is 11.5. The van der Waals surface area contributed by atoms with Crippen LogP contribution in [0, 0.1) is 0 Å². The van der Waals surface area contributed by atoms with Crippen LogP contribution in [0.5, 0.6) is 0 Å². The van der Waals surface area contributed by atoms with Gasteiger partial charge in [0.05, 0.1) is 0 Å². The molecule has 0 saturated carbocycles. The number of hydrogen-bond acceptors (Lipinski definition) is 3. The predicted octanol–water partition coefficient (Wildman–Crippen LogP) is 1.51. The van der Waals surface area contributed by atoms with Gasteiger partial charge in [-0.25, -0.2) is 0 Å². The molecule has 0 bridgehead atoms. The zero-order valence-corrected chi connectivity index (χ0v) is 7.98. The Balaban J connectivity index is 0.00000121. The van der Waals surface area contributed by atoms with Crippen LogP contribution in [-0.4, -0.2) is 13.0 Å². The van der Waals surface area contributed by atoms with Crippen molar-refractivity contribution in [2.24, 2.45) is 0 Å². The maximum Gasteiger partial charge on any atom is 0.328 e. The van der Waals surface area contributed by atoms with E-state index in [4.69, 9.17) is 8.97 Å². The molecule has 1 aromatic rings. The molecule has 6 heteroatoms. The number of aryl methyl sites for hydroxylation is 1. The largest absolute Gasteiger partial charge is 0.447 e. The fourth-order valence-electron chi connectivity index (χ4n) is 0.687. The van der Waals surface area contributed by atoms with Gasteiger partial charge in [0.2, 0.25) is 5.09 Å². The Hall–Kier alpha value is -0.520. The quantitative estimate of drug-likeness (QED) is 0.755. The van der Waals surface area contributed by atoms with Crippen LogP contribution >= 0.6 is 12.4 Å². The first-order valence-electron chi connectivity index (χ1n) is 3.10. The van der Waals surface area contributed by atoms with Crippen LogP contribution in [0.25, 0.3) is 0 Å². The number of furan rings is 1. The molecule has 0 aliphatic carbocycles. The molecule has 0 spiro atoms. The van der Waals surface area contributed by atoms with Crippen molar-refractivity contribution in [2.75, 3.05) is 0 Å². The van der Waals surface area contributed by atoms with E-state index in [2.05, 4.69) is 0 Å². The summed E-state index contributed by atoms with van der Waals surface area (Å²) in [4.78, 5) is 0.